The monoisotopic (exact) mass is 307 g/mol. The molecule has 0 radical (unpaired) electrons. The number of ether oxygens (including phenoxy) is 1. The van der Waals surface area contributed by atoms with Crippen molar-refractivity contribution in [1.29, 1.82) is 0 Å². The Kier molecular flexibility index (Phi) is 5.38. The zero-order chi connectivity index (χ0) is 14.8. The molecule has 2 heterocycles. The maximum atomic E-state index is 12.5. The molecule has 7 nitrogen and oxygen atoms in total. The van der Waals surface area contributed by atoms with Crippen molar-refractivity contribution in [2.75, 3.05) is 65.8 Å². The minimum Gasteiger partial charge on any atom is -0.395 e. The molecule has 2 unspecified atom stereocenters. The number of rotatable bonds is 4. The van der Waals surface area contributed by atoms with E-state index < -0.39 is 10.0 Å². The normalized spacial score (nSPS) is 31.6. The van der Waals surface area contributed by atoms with Crippen LogP contribution in [-0.4, -0.2) is 106 Å². The van der Waals surface area contributed by atoms with Gasteiger partial charge in [-0.25, -0.2) is 8.42 Å². The number of hydrogen-bond donors (Lipinski definition) is 1. The van der Waals surface area contributed by atoms with Gasteiger partial charge in [0.1, 0.15) is 0 Å². The standard InChI is InChI=1S/C12H25N3O4S/c1-13-3-4-15(11(7-13)9-16)20(17,18)10-12-8-14(2)5-6-19-12/h11-12,16H,3-10H2,1-2H3. The summed E-state index contributed by atoms with van der Waals surface area (Å²) in [6, 6.07) is -0.347. The van der Waals surface area contributed by atoms with Crippen LogP contribution in [0.3, 0.4) is 0 Å². The molecule has 2 saturated heterocycles. The molecule has 0 aromatic carbocycles. The largest absolute Gasteiger partial charge is 0.395 e. The average molecular weight is 307 g/mol. The van der Waals surface area contributed by atoms with E-state index in [1.807, 2.05) is 19.0 Å². The van der Waals surface area contributed by atoms with Gasteiger partial charge in [-0.3, -0.25) is 0 Å². The van der Waals surface area contributed by atoms with Gasteiger partial charge in [-0.15, -0.1) is 0 Å². The molecule has 2 aliphatic heterocycles. The third-order valence-electron chi connectivity index (χ3n) is 3.94. The van der Waals surface area contributed by atoms with Crippen molar-refractivity contribution in [1.82, 2.24) is 14.1 Å². The number of morpholine rings is 1. The van der Waals surface area contributed by atoms with E-state index in [4.69, 9.17) is 4.74 Å². The second-order valence-electron chi connectivity index (χ2n) is 5.74. The lowest BCUT2D eigenvalue weighted by atomic mass is 10.2. The molecule has 8 heteroatoms. The number of nitrogens with zero attached hydrogens (tertiary/aromatic N) is 3. The van der Waals surface area contributed by atoms with Crippen molar-refractivity contribution in [3.63, 3.8) is 0 Å². The zero-order valence-electron chi connectivity index (χ0n) is 12.2. The van der Waals surface area contributed by atoms with E-state index in [-0.39, 0.29) is 24.5 Å². The van der Waals surface area contributed by atoms with Crippen LogP contribution in [0.15, 0.2) is 0 Å². The van der Waals surface area contributed by atoms with Gasteiger partial charge in [-0.2, -0.15) is 4.31 Å². The minimum absolute atomic E-state index is 0.00243. The van der Waals surface area contributed by atoms with Gasteiger partial charge >= 0.3 is 0 Å². The van der Waals surface area contributed by atoms with Gasteiger partial charge in [0.15, 0.2) is 0 Å². The number of piperazine rings is 1. The summed E-state index contributed by atoms with van der Waals surface area (Å²) in [5.74, 6) is -0.00243. The fraction of sp³-hybridized carbons (Fsp3) is 1.00. The Balaban J connectivity index is 2.01. The summed E-state index contributed by atoms with van der Waals surface area (Å²) in [5.41, 5.74) is 0. The highest BCUT2D eigenvalue weighted by Gasteiger charge is 2.36. The van der Waals surface area contributed by atoms with Crippen LogP contribution < -0.4 is 0 Å². The fourth-order valence-corrected chi connectivity index (χ4v) is 4.62. The fourth-order valence-electron chi connectivity index (χ4n) is 2.81. The van der Waals surface area contributed by atoms with Crippen molar-refractivity contribution < 1.29 is 18.3 Å². The molecule has 0 saturated carbocycles. The van der Waals surface area contributed by atoms with Crippen LogP contribution in [-0.2, 0) is 14.8 Å². The van der Waals surface area contributed by atoms with E-state index in [9.17, 15) is 13.5 Å². The van der Waals surface area contributed by atoms with E-state index in [0.29, 0.717) is 32.8 Å². The third kappa shape index (κ3) is 3.90. The first kappa shape index (κ1) is 16.1. The van der Waals surface area contributed by atoms with Crippen LogP contribution >= 0.6 is 0 Å². The van der Waals surface area contributed by atoms with E-state index >= 15 is 0 Å². The molecule has 2 fully saturated rings. The van der Waals surface area contributed by atoms with Crippen molar-refractivity contribution in [2.45, 2.75) is 12.1 Å². The number of aliphatic hydroxyl groups is 1. The number of aliphatic hydroxyl groups excluding tert-OH is 1. The summed E-state index contributed by atoms with van der Waals surface area (Å²) < 4.78 is 32.1. The number of sulfonamides is 1. The highest BCUT2D eigenvalue weighted by Crippen LogP contribution is 2.16. The molecule has 2 atom stereocenters. The van der Waals surface area contributed by atoms with Gasteiger partial charge in [-0.1, -0.05) is 0 Å². The molecule has 2 aliphatic rings. The topological polar surface area (TPSA) is 73.3 Å². The van der Waals surface area contributed by atoms with E-state index in [1.165, 1.54) is 4.31 Å². The SMILES string of the molecule is CN1CCOC(CS(=O)(=O)N2CCN(C)CC2CO)C1. The first-order valence-corrected chi connectivity index (χ1v) is 8.62. The predicted octanol–water partition coefficient (Wildman–Crippen LogP) is -1.74. The van der Waals surface area contributed by atoms with Crippen molar-refractivity contribution in [2.24, 2.45) is 0 Å². The second-order valence-corrected chi connectivity index (χ2v) is 7.71. The Morgan fingerprint density at radius 1 is 1.15 bits per heavy atom. The number of hydrogen-bond acceptors (Lipinski definition) is 6. The molecule has 1 N–H and O–H groups in total. The predicted molar refractivity (Wildman–Crippen MR) is 76.1 cm³/mol. The second kappa shape index (κ2) is 6.67. The maximum absolute atomic E-state index is 12.5. The molecule has 0 aromatic rings. The lowest BCUT2D eigenvalue weighted by molar-refractivity contribution is -0.00780. The smallest absolute Gasteiger partial charge is 0.217 e. The van der Waals surface area contributed by atoms with E-state index in [0.717, 1.165) is 6.54 Å². The number of likely N-dealkylation sites (N-methyl/N-ethyl adjacent to an activating group) is 2. The summed E-state index contributed by atoms with van der Waals surface area (Å²) >= 11 is 0. The zero-order valence-corrected chi connectivity index (χ0v) is 13.0. The van der Waals surface area contributed by atoms with Crippen LogP contribution in [0.2, 0.25) is 0 Å². The van der Waals surface area contributed by atoms with Crippen LogP contribution in [0.5, 0.6) is 0 Å². The molecule has 0 aromatic heterocycles. The Morgan fingerprint density at radius 3 is 2.50 bits per heavy atom. The molecular weight excluding hydrogens is 282 g/mol. The first-order chi connectivity index (χ1) is 9.42. The molecule has 0 aliphatic carbocycles. The molecular formula is C12H25N3O4S. The lowest BCUT2D eigenvalue weighted by Gasteiger charge is -2.39. The van der Waals surface area contributed by atoms with Gasteiger partial charge in [0, 0.05) is 32.7 Å². The third-order valence-corrected chi connectivity index (χ3v) is 5.93. The Morgan fingerprint density at radius 2 is 1.85 bits per heavy atom. The van der Waals surface area contributed by atoms with Crippen molar-refractivity contribution in [3.05, 3.63) is 0 Å². The highest BCUT2D eigenvalue weighted by atomic mass is 32.2. The van der Waals surface area contributed by atoms with Gasteiger partial charge in [0.05, 0.1) is 31.1 Å². The van der Waals surface area contributed by atoms with E-state index in [2.05, 4.69) is 4.90 Å². The Labute approximate surface area is 121 Å². The van der Waals surface area contributed by atoms with Gasteiger partial charge in [0.25, 0.3) is 0 Å². The van der Waals surface area contributed by atoms with Crippen molar-refractivity contribution >= 4 is 10.0 Å². The van der Waals surface area contributed by atoms with E-state index in [1.54, 1.807) is 0 Å². The molecule has 20 heavy (non-hydrogen) atoms. The van der Waals surface area contributed by atoms with Gasteiger partial charge in [0.2, 0.25) is 10.0 Å². The van der Waals surface area contributed by atoms with Gasteiger partial charge in [-0.05, 0) is 14.1 Å². The first-order valence-electron chi connectivity index (χ1n) is 7.01. The van der Waals surface area contributed by atoms with Crippen LogP contribution in [0.1, 0.15) is 0 Å². The van der Waals surface area contributed by atoms with Gasteiger partial charge < -0.3 is 19.6 Å². The summed E-state index contributed by atoms with van der Waals surface area (Å²) in [4.78, 5) is 4.12. The molecule has 2 rings (SSSR count). The molecule has 0 bridgehead atoms. The molecule has 118 valence electrons. The quantitative estimate of drug-likeness (QED) is 0.664. The highest BCUT2D eigenvalue weighted by molar-refractivity contribution is 7.89. The summed E-state index contributed by atoms with van der Waals surface area (Å²) in [7, 11) is 0.507. The van der Waals surface area contributed by atoms with Crippen LogP contribution in [0.25, 0.3) is 0 Å². The Bertz CT molecular complexity index is 417. The lowest BCUT2D eigenvalue weighted by Crippen LogP contribution is -2.57. The Hall–Kier alpha value is -0.250. The van der Waals surface area contributed by atoms with Crippen LogP contribution in [0.4, 0.5) is 0 Å². The summed E-state index contributed by atoms with van der Waals surface area (Å²) in [6.07, 6.45) is -0.280. The summed E-state index contributed by atoms with van der Waals surface area (Å²) in [5, 5.41) is 9.42. The molecule has 0 amide bonds. The summed E-state index contributed by atoms with van der Waals surface area (Å²) in [6.45, 7) is 3.61. The maximum Gasteiger partial charge on any atom is 0.217 e. The molecule has 0 spiro atoms. The van der Waals surface area contributed by atoms with Crippen molar-refractivity contribution in [3.8, 4) is 0 Å². The average Bonchev–Trinajstić information content (AvgIpc) is 2.37. The minimum atomic E-state index is -3.40. The van der Waals surface area contributed by atoms with Crippen LogP contribution in [0, 0.1) is 0 Å².